The van der Waals surface area contributed by atoms with Crippen LogP contribution in [0.4, 0.5) is 4.79 Å². The van der Waals surface area contributed by atoms with Crippen molar-refractivity contribution in [1.82, 2.24) is 10.2 Å². The number of carbonyl (C=O) groups excluding carboxylic acids is 1. The number of halogens is 1. The Morgan fingerprint density at radius 2 is 2.27 bits per heavy atom. The van der Waals surface area contributed by atoms with E-state index in [-0.39, 0.29) is 6.07 Å². The Labute approximate surface area is 71.5 Å². The topological polar surface area (TPSA) is 41.6 Å². The van der Waals surface area contributed by atoms with Crippen LogP contribution in [0.15, 0.2) is 0 Å². The van der Waals surface area contributed by atoms with Gasteiger partial charge < -0.3 is 15.0 Å². The first-order chi connectivity index (χ1) is 5.16. The SMILES string of the molecule is CN(C)CCNC(=O)OCCl. The third-order valence-electron chi connectivity index (χ3n) is 1.01. The van der Waals surface area contributed by atoms with E-state index in [0.717, 1.165) is 6.54 Å². The number of rotatable bonds is 4. The predicted octanol–water partition coefficient (Wildman–Crippen LogP) is 0.470. The molecule has 0 bridgehead atoms. The fraction of sp³-hybridized carbons (Fsp3) is 0.833. The van der Waals surface area contributed by atoms with Gasteiger partial charge in [0, 0.05) is 13.1 Å². The van der Waals surface area contributed by atoms with E-state index in [2.05, 4.69) is 10.1 Å². The van der Waals surface area contributed by atoms with Crippen LogP contribution in [0.3, 0.4) is 0 Å². The predicted molar refractivity (Wildman–Crippen MR) is 43.8 cm³/mol. The summed E-state index contributed by atoms with van der Waals surface area (Å²) in [5.74, 6) is 0. The number of likely N-dealkylation sites (N-methyl/N-ethyl adjacent to an activating group) is 1. The Hall–Kier alpha value is -0.480. The zero-order valence-electron chi connectivity index (χ0n) is 6.76. The lowest BCUT2D eigenvalue weighted by Crippen LogP contribution is -2.31. The maximum Gasteiger partial charge on any atom is 0.408 e. The Morgan fingerprint density at radius 3 is 2.73 bits per heavy atom. The molecule has 0 unspecified atom stereocenters. The Morgan fingerprint density at radius 1 is 1.64 bits per heavy atom. The molecule has 0 rings (SSSR count). The minimum Gasteiger partial charge on any atom is -0.433 e. The molecular formula is C6H13ClN2O2. The fourth-order valence-corrected chi connectivity index (χ4v) is 0.581. The maximum atomic E-state index is 10.6. The molecule has 0 heterocycles. The maximum absolute atomic E-state index is 10.6. The van der Waals surface area contributed by atoms with E-state index in [4.69, 9.17) is 11.6 Å². The minimum absolute atomic E-state index is 0.103. The zero-order chi connectivity index (χ0) is 8.69. The molecule has 0 fully saturated rings. The highest BCUT2D eigenvalue weighted by molar-refractivity contribution is 6.17. The van der Waals surface area contributed by atoms with Crippen LogP contribution in [0.1, 0.15) is 0 Å². The molecule has 0 spiro atoms. The smallest absolute Gasteiger partial charge is 0.408 e. The number of carbonyl (C=O) groups is 1. The summed E-state index contributed by atoms with van der Waals surface area (Å²) in [6.07, 6.45) is -0.471. The van der Waals surface area contributed by atoms with Gasteiger partial charge in [0.25, 0.3) is 0 Å². The fourth-order valence-electron chi connectivity index (χ4n) is 0.482. The van der Waals surface area contributed by atoms with Crippen LogP contribution in [-0.2, 0) is 4.74 Å². The van der Waals surface area contributed by atoms with Crippen LogP contribution < -0.4 is 5.32 Å². The van der Waals surface area contributed by atoms with Gasteiger partial charge in [-0.1, -0.05) is 11.6 Å². The first-order valence-electron chi connectivity index (χ1n) is 3.28. The van der Waals surface area contributed by atoms with Crippen molar-refractivity contribution in [3.63, 3.8) is 0 Å². The van der Waals surface area contributed by atoms with Gasteiger partial charge in [0.1, 0.15) is 0 Å². The number of alkyl carbamates (subject to hydrolysis) is 1. The van der Waals surface area contributed by atoms with Gasteiger partial charge in [-0.25, -0.2) is 4.79 Å². The molecule has 4 nitrogen and oxygen atoms in total. The molecule has 66 valence electrons. The second-order valence-corrected chi connectivity index (χ2v) is 2.49. The first kappa shape index (κ1) is 10.5. The normalized spacial score (nSPS) is 9.82. The van der Waals surface area contributed by atoms with Gasteiger partial charge in [-0.3, -0.25) is 0 Å². The molecule has 0 aromatic carbocycles. The number of ether oxygens (including phenoxy) is 1. The first-order valence-corrected chi connectivity index (χ1v) is 3.81. The lowest BCUT2D eigenvalue weighted by molar-refractivity contribution is 0.163. The van der Waals surface area contributed by atoms with E-state index in [0.29, 0.717) is 6.54 Å². The van der Waals surface area contributed by atoms with Gasteiger partial charge in [0.15, 0.2) is 6.07 Å². The molecule has 5 heteroatoms. The van der Waals surface area contributed by atoms with E-state index in [9.17, 15) is 4.79 Å². The van der Waals surface area contributed by atoms with E-state index in [1.54, 1.807) is 0 Å². The number of hydrogen-bond acceptors (Lipinski definition) is 3. The Kier molecular flexibility index (Phi) is 5.97. The summed E-state index contributed by atoms with van der Waals surface area (Å²) in [5.41, 5.74) is 0. The molecule has 0 radical (unpaired) electrons. The molecule has 11 heavy (non-hydrogen) atoms. The highest BCUT2D eigenvalue weighted by Crippen LogP contribution is 1.80. The second kappa shape index (κ2) is 6.24. The second-order valence-electron chi connectivity index (χ2n) is 2.27. The van der Waals surface area contributed by atoms with Gasteiger partial charge in [-0.2, -0.15) is 0 Å². The quantitative estimate of drug-likeness (QED) is 0.640. The average Bonchev–Trinajstić information content (AvgIpc) is 1.87. The molecule has 0 atom stereocenters. The summed E-state index contributed by atoms with van der Waals surface area (Å²) in [7, 11) is 3.85. The number of hydrogen-bond donors (Lipinski definition) is 1. The molecule has 0 aromatic rings. The summed E-state index contributed by atoms with van der Waals surface area (Å²) in [6, 6.07) is -0.103. The van der Waals surface area contributed by atoms with Crippen LogP contribution >= 0.6 is 11.6 Å². The summed E-state index contributed by atoms with van der Waals surface area (Å²) in [5, 5.41) is 2.53. The van der Waals surface area contributed by atoms with Crippen molar-refractivity contribution in [2.45, 2.75) is 0 Å². The molecule has 0 saturated heterocycles. The Balaban J connectivity index is 3.17. The van der Waals surface area contributed by atoms with Crippen molar-refractivity contribution in [2.75, 3.05) is 33.3 Å². The number of amides is 1. The molecule has 0 aliphatic carbocycles. The number of nitrogens with one attached hydrogen (secondary N) is 1. The van der Waals surface area contributed by atoms with E-state index >= 15 is 0 Å². The third kappa shape index (κ3) is 7.42. The Bertz CT molecular complexity index is 119. The van der Waals surface area contributed by atoms with Crippen molar-refractivity contribution in [1.29, 1.82) is 0 Å². The van der Waals surface area contributed by atoms with Gasteiger partial charge in [-0.05, 0) is 14.1 Å². The summed E-state index contributed by atoms with van der Waals surface area (Å²) in [4.78, 5) is 12.5. The zero-order valence-corrected chi connectivity index (χ0v) is 7.52. The molecule has 0 aliphatic rings. The number of nitrogens with zero attached hydrogens (tertiary/aromatic N) is 1. The van der Waals surface area contributed by atoms with Crippen LogP contribution in [-0.4, -0.2) is 44.2 Å². The van der Waals surface area contributed by atoms with Crippen LogP contribution in [0.2, 0.25) is 0 Å². The lowest BCUT2D eigenvalue weighted by Gasteiger charge is -2.09. The van der Waals surface area contributed by atoms with Crippen molar-refractivity contribution >= 4 is 17.7 Å². The van der Waals surface area contributed by atoms with Gasteiger partial charge in [0.05, 0.1) is 0 Å². The molecule has 0 saturated carbocycles. The number of alkyl halides is 1. The van der Waals surface area contributed by atoms with Crippen molar-refractivity contribution in [3.05, 3.63) is 0 Å². The monoisotopic (exact) mass is 180 g/mol. The summed E-state index contributed by atoms with van der Waals surface area (Å²) >= 11 is 5.14. The van der Waals surface area contributed by atoms with E-state index < -0.39 is 6.09 Å². The van der Waals surface area contributed by atoms with Gasteiger partial charge in [-0.15, -0.1) is 0 Å². The van der Waals surface area contributed by atoms with E-state index in [1.807, 2.05) is 19.0 Å². The average molecular weight is 181 g/mol. The third-order valence-corrected chi connectivity index (χ3v) is 1.12. The highest BCUT2D eigenvalue weighted by atomic mass is 35.5. The van der Waals surface area contributed by atoms with Crippen LogP contribution in [0, 0.1) is 0 Å². The lowest BCUT2D eigenvalue weighted by atomic mass is 10.6. The van der Waals surface area contributed by atoms with Gasteiger partial charge in [0.2, 0.25) is 0 Å². The van der Waals surface area contributed by atoms with Crippen LogP contribution in [0.5, 0.6) is 0 Å². The van der Waals surface area contributed by atoms with Crippen LogP contribution in [0.25, 0.3) is 0 Å². The molecule has 0 aliphatic heterocycles. The standard InChI is InChI=1S/C6H13ClN2O2/c1-9(2)4-3-8-6(10)11-5-7/h3-5H2,1-2H3,(H,8,10). The van der Waals surface area contributed by atoms with Crippen molar-refractivity contribution in [2.24, 2.45) is 0 Å². The summed E-state index contributed by atoms with van der Waals surface area (Å²) in [6.45, 7) is 1.36. The minimum atomic E-state index is -0.471. The van der Waals surface area contributed by atoms with Gasteiger partial charge >= 0.3 is 6.09 Å². The van der Waals surface area contributed by atoms with E-state index in [1.165, 1.54) is 0 Å². The van der Waals surface area contributed by atoms with Crippen molar-refractivity contribution < 1.29 is 9.53 Å². The molecule has 1 N–H and O–H groups in total. The molecule has 0 aromatic heterocycles. The molecule has 1 amide bonds. The largest absolute Gasteiger partial charge is 0.433 e. The van der Waals surface area contributed by atoms with Crippen molar-refractivity contribution in [3.8, 4) is 0 Å². The summed E-state index contributed by atoms with van der Waals surface area (Å²) < 4.78 is 4.42. The molecular weight excluding hydrogens is 168 g/mol. The highest BCUT2D eigenvalue weighted by Gasteiger charge is 1.98.